The molecule has 1 amide bonds. The molecule has 0 aliphatic carbocycles. The standard InChI is InChI=1S/C12H11N3O3S/c1-6-9(19-12(13)14-6)10(16)15-8-4-2-3-7(5-8)11(17)18/h2-5H,1H3,(H2,13,14)(H,15,16)(H,17,18). The topological polar surface area (TPSA) is 105 Å². The van der Waals surface area contributed by atoms with Crippen LogP contribution in [0.15, 0.2) is 24.3 Å². The molecule has 6 nitrogen and oxygen atoms in total. The highest BCUT2D eigenvalue weighted by molar-refractivity contribution is 7.17. The van der Waals surface area contributed by atoms with Gasteiger partial charge >= 0.3 is 5.97 Å². The summed E-state index contributed by atoms with van der Waals surface area (Å²) in [5, 5.41) is 11.8. The van der Waals surface area contributed by atoms with Crippen LogP contribution >= 0.6 is 11.3 Å². The predicted molar refractivity (Wildman–Crippen MR) is 72.6 cm³/mol. The molecular weight excluding hydrogens is 266 g/mol. The van der Waals surface area contributed by atoms with Gasteiger partial charge in [-0.1, -0.05) is 17.4 Å². The van der Waals surface area contributed by atoms with Gasteiger partial charge in [-0.3, -0.25) is 4.79 Å². The lowest BCUT2D eigenvalue weighted by Crippen LogP contribution is -2.12. The Kier molecular flexibility index (Phi) is 3.48. The molecule has 0 atom stereocenters. The summed E-state index contributed by atoms with van der Waals surface area (Å²) in [6.07, 6.45) is 0. The van der Waals surface area contributed by atoms with Crippen LogP contribution in [0.2, 0.25) is 0 Å². The lowest BCUT2D eigenvalue weighted by molar-refractivity contribution is 0.0696. The van der Waals surface area contributed by atoms with Crippen LogP contribution in [0.5, 0.6) is 0 Å². The highest BCUT2D eigenvalue weighted by Crippen LogP contribution is 2.21. The number of nitrogens with one attached hydrogen (secondary N) is 1. The van der Waals surface area contributed by atoms with Gasteiger partial charge in [0, 0.05) is 5.69 Å². The van der Waals surface area contributed by atoms with Crippen molar-refractivity contribution in [2.75, 3.05) is 11.1 Å². The smallest absolute Gasteiger partial charge is 0.335 e. The molecule has 0 fully saturated rings. The monoisotopic (exact) mass is 277 g/mol. The molecule has 1 aromatic heterocycles. The molecule has 0 unspecified atom stereocenters. The van der Waals surface area contributed by atoms with E-state index in [-0.39, 0.29) is 11.5 Å². The molecule has 0 spiro atoms. The third-order valence-electron chi connectivity index (χ3n) is 2.39. The van der Waals surface area contributed by atoms with Gasteiger partial charge in [-0.05, 0) is 25.1 Å². The number of nitrogens with zero attached hydrogens (tertiary/aromatic N) is 1. The summed E-state index contributed by atoms with van der Waals surface area (Å²) in [5.41, 5.74) is 6.60. The fraction of sp³-hybridized carbons (Fsp3) is 0.0833. The zero-order valence-corrected chi connectivity index (χ0v) is 10.8. The van der Waals surface area contributed by atoms with Crippen LogP contribution in [0.4, 0.5) is 10.8 Å². The molecule has 0 aliphatic rings. The second kappa shape index (κ2) is 5.07. The third-order valence-corrected chi connectivity index (χ3v) is 3.37. The number of aromatic nitrogens is 1. The van der Waals surface area contributed by atoms with E-state index in [0.717, 1.165) is 11.3 Å². The number of carboxylic acids is 1. The fourth-order valence-electron chi connectivity index (χ4n) is 1.55. The SMILES string of the molecule is Cc1nc(N)sc1C(=O)Nc1cccc(C(=O)O)c1. The fourth-order valence-corrected chi connectivity index (χ4v) is 2.27. The molecule has 0 aliphatic heterocycles. The molecule has 1 aromatic carbocycles. The van der Waals surface area contributed by atoms with Gasteiger partial charge in [0.05, 0.1) is 11.3 Å². The molecule has 0 saturated heterocycles. The van der Waals surface area contributed by atoms with Crippen molar-refractivity contribution < 1.29 is 14.7 Å². The molecule has 7 heteroatoms. The van der Waals surface area contributed by atoms with Crippen molar-refractivity contribution in [2.24, 2.45) is 0 Å². The van der Waals surface area contributed by atoms with Crippen LogP contribution in [0, 0.1) is 6.92 Å². The number of aromatic carboxylic acids is 1. The highest BCUT2D eigenvalue weighted by atomic mass is 32.1. The number of amides is 1. The lowest BCUT2D eigenvalue weighted by atomic mass is 10.2. The molecule has 2 aromatic rings. The Morgan fingerprint density at radius 2 is 2.16 bits per heavy atom. The Morgan fingerprint density at radius 3 is 2.74 bits per heavy atom. The second-order valence-corrected chi connectivity index (χ2v) is 4.84. The molecule has 19 heavy (non-hydrogen) atoms. The summed E-state index contributed by atoms with van der Waals surface area (Å²) in [5.74, 6) is -1.40. The van der Waals surface area contributed by atoms with Gasteiger partial charge < -0.3 is 16.2 Å². The van der Waals surface area contributed by atoms with E-state index < -0.39 is 5.97 Å². The quantitative estimate of drug-likeness (QED) is 0.795. The third kappa shape index (κ3) is 2.89. The number of nitrogen functional groups attached to an aromatic ring is 1. The Bertz CT molecular complexity index is 651. The number of anilines is 2. The molecule has 1 heterocycles. The van der Waals surface area contributed by atoms with Crippen molar-refractivity contribution in [3.63, 3.8) is 0 Å². The van der Waals surface area contributed by atoms with Crippen molar-refractivity contribution in [1.29, 1.82) is 0 Å². The molecule has 4 N–H and O–H groups in total. The van der Waals surface area contributed by atoms with Crippen LogP contribution in [0.1, 0.15) is 25.7 Å². The zero-order chi connectivity index (χ0) is 14.0. The van der Waals surface area contributed by atoms with Gasteiger partial charge in [0.2, 0.25) is 0 Å². The number of aryl methyl sites for hydroxylation is 1. The van der Waals surface area contributed by atoms with Crippen LogP contribution in [0.25, 0.3) is 0 Å². The molecular formula is C12H11N3O3S. The summed E-state index contributed by atoms with van der Waals surface area (Å²) < 4.78 is 0. The van der Waals surface area contributed by atoms with Crippen molar-refractivity contribution in [3.8, 4) is 0 Å². The largest absolute Gasteiger partial charge is 0.478 e. The summed E-state index contributed by atoms with van der Waals surface area (Å²) in [6, 6.07) is 6.02. The number of thiazole rings is 1. The lowest BCUT2D eigenvalue weighted by Gasteiger charge is -2.04. The van der Waals surface area contributed by atoms with E-state index in [1.807, 2.05) is 0 Å². The van der Waals surface area contributed by atoms with Gasteiger partial charge in [0.15, 0.2) is 5.13 Å². The average molecular weight is 277 g/mol. The maximum absolute atomic E-state index is 12.0. The van der Waals surface area contributed by atoms with E-state index in [1.165, 1.54) is 12.1 Å². The average Bonchev–Trinajstić information content (AvgIpc) is 2.69. The zero-order valence-electron chi connectivity index (χ0n) is 10.0. The normalized spacial score (nSPS) is 10.2. The van der Waals surface area contributed by atoms with Gasteiger partial charge in [-0.25, -0.2) is 9.78 Å². The number of carbonyl (C=O) groups excluding carboxylic acids is 1. The van der Waals surface area contributed by atoms with Crippen LogP contribution in [0.3, 0.4) is 0 Å². The Morgan fingerprint density at radius 1 is 1.42 bits per heavy atom. The van der Waals surface area contributed by atoms with Gasteiger partial charge in [0.1, 0.15) is 4.88 Å². The number of carbonyl (C=O) groups is 2. The Labute approximate surface area is 112 Å². The van der Waals surface area contributed by atoms with E-state index in [9.17, 15) is 9.59 Å². The molecule has 0 bridgehead atoms. The second-order valence-electron chi connectivity index (χ2n) is 3.81. The molecule has 0 radical (unpaired) electrons. The number of hydrogen-bond acceptors (Lipinski definition) is 5. The number of hydrogen-bond donors (Lipinski definition) is 3. The van der Waals surface area contributed by atoms with Crippen molar-refractivity contribution in [1.82, 2.24) is 4.98 Å². The van der Waals surface area contributed by atoms with Crippen LogP contribution in [-0.4, -0.2) is 22.0 Å². The van der Waals surface area contributed by atoms with Crippen LogP contribution in [-0.2, 0) is 0 Å². The first-order valence-electron chi connectivity index (χ1n) is 5.35. The summed E-state index contributed by atoms with van der Waals surface area (Å²) in [7, 11) is 0. The molecule has 98 valence electrons. The maximum atomic E-state index is 12.0. The van der Waals surface area contributed by atoms with E-state index in [0.29, 0.717) is 21.4 Å². The summed E-state index contributed by atoms with van der Waals surface area (Å²) in [6.45, 7) is 1.69. The van der Waals surface area contributed by atoms with E-state index in [4.69, 9.17) is 10.8 Å². The maximum Gasteiger partial charge on any atom is 0.335 e. The van der Waals surface area contributed by atoms with E-state index in [2.05, 4.69) is 10.3 Å². The van der Waals surface area contributed by atoms with Crippen molar-refractivity contribution >= 4 is 34.0 Å². The van der Waals surface area contributed by atoms with Gasteiger partial charge in [-0.2, -0.15) is 0 Å². The molecule has 0 saturated carbocycles. The molecule has 2 rings (SSSR count). The van der Waals surface area contributed by atoms with Crippen LogP contribution < -0.4 is 11.1 Å². The minimum atomic E-state index is -1.05. The minimum Gasteiger partial charge on any atom is -0.478 e. The number of rotatable bonds is 3. The Balaban J connectivity index is 2.21. The highest BCUT2D eigenvalue weighted by Gasteiger charge is 2.14. The van der Waals surface area contributed by atoms with Gasteiger partial charge in [-0.15, -0.1) is 0 Å². The summed E-state index contributed by atoms with van der Waals surface area (Å²) >= 11 is 1.09. The first kappa shape index (κ1) is 13.0. The van der Waals surface area contributed by atoms with Gasteiger partial charge in [0.25, 0.3) is 5.91 Å². The van der Waals surface area contributed by atoms with Crippen molar-refractivity contribution in [3.05, 3.63) is 40.4 Å². The predicted octanol–water partition coefficient (Wildman–Crippen LogP) is 1.98. The first-order valence-corrected chi connectivity index (χ1v) is 6.16. The van der Waals surface area contributed by atoms with E-state index >= 15 is 0 Å². The minimum absolute atomic E-state index is 0.110. The summed E-state index contributed by atoms with van der Waals surface area (Å²) in [4.78, 5) is 27.2. The first-order chi connectivity index (χ1) is 8.97. The van der Waals surface area contributed by atoms with Crippen molar-refractivity contribution in [2.45, 2.75) is 6.92 Å². The number of carboxylic acid groups (broad SMARTS) is 1. The van der Waals surface area contributed by atoms with E-state index in [1.54, 1.807) is 19.1 Å². The Hall–Kier alpha value is -2.41. The number of benzene rings is 1. The number of nitrogens with two attached hydrogens (primary N) is 1.